The van der Waals surface area contributed by atoms with E-state index in [4.69, 9.17) is 4.74 Å². The summed E-state index contributed by atoms with van der Waals surface area (Å²) in [5.74, 6) is 0.900. The molecule has 24 heavy (non-hydrogen) atoms. The van der Waals surface area contributed by atoms with E-state index in [1.165, 1.54) is 36.8 Å². The van der Waals surface area contributed by atoms with Gasteiger partial charge >= 0.3 is 0 Å². The Morgan fingerprint density at radius 2 is 1.75 bits per heavy atom. The Balaban J connectivity index is 1.53. The van der Waals surface area contributed by atoms with E-state index >= 15 is 0 Å². The summed E-state index contributed by atoms with van der Waals surface area (Å²) in [5, 5.41) is 0. The van der Waals surface area contributed by atoms with Crippen LogP contribution in [0.2, 0.25) is 0 Å². The Morgan fingerprint density at radius 1 is 1.00 bits per heavy atom. The Bertz CT molecular complexity index is 688. The van der Waals surface area contributed by atoms with Gasteiger partial charge in [0.05, 0.1) is 7.11 Å². The predicted molar refractivity (Wildman–Crippen MR) is 101 cm³/mol. The largest absolute Gasteiger partial charge is 0.497 e. The molecule has 0 bridgehead atoms. The van der Waals surface area contributed by atoms with Crippen molar-refractivity contribution in [3.05, 3.63) is 70.8 Å². The van der Waals surface area contributed by atoms with Crippen molar-refractivity contribution < 1.29 is 4.74 Å². The highest BCUT2D eigenvalue weighted by Gasteiger charge is 2.09. The fraction of sp³-hybridized carbons (Fsp3) is 0.364. The SMILES string of the molecule is COc1ccc(/C=C/CN(C)Cc2ccc3c(c2)CCCC3)cc1. The van der Waals surface area contributed by atoms with Crippen molar-refractivity contribution in [3.8, 4) is 5.75 Å². The quantitative estimate of drug-likeness (QED) is 0.763. The number of nitrogens with zero attached hydrogens (tertiary/aromatic N) is 1. The molecule has 0 saturated carbocycles. The smallest absolute Gasteiger partial charge is 0.118 e. The van der Waals surface area contributed by atoms with Crippen LogP contribution in [-0.2, 0) is 19.4 Å². The topological polar surface area (TPSA) is 12.5 Å². The van der Waals surface area contributed by atoms with Gasteiger partial charge in [0.25, 0.3) is 0 Å². The van der Waals surface area contributed by atoms with Gasteiger partial charge in [-0.05, 0) is 67.1 Å². The highest BCUT2D eigenvalue weighted by molar-refractivity contribution is 5.50. The zero-order chi connectivity index (χ0) is 16.8. The van der Waals surface area contributed by atoms with Crippen LogP contribution in [0.15, 0.2) is 48.5 Å². The van der Waals surface area contributed by atoms with Crippen molar-refractivity contribution in [2.75, 3.05) is 20.7 Å². The predicted octanol–water partition coefficient (Wildman–Crippen LogP) is 4.72. The lowest BCUT2D eigenvalue weighted by atomic mass is 9.90. The molecule has 2 aromatic rings. The second kappa shape index (κ2) is 8.16. The molecule has 0 saturated heterocycles. The third-order valence-electron chi connectivity index (χ3n) is 4.71. The molecule has 1 aliphatic rings. The van der Waals surface area contributed by atoms with Crippen LogP contribution in [0.1, 0.15) is 35.1 Å². The first kappa shape index (κ1) is 16.8. The van der Waals surface area contributed by atoms with Gasteiger partial charge in [0.15, 0.2) is 0 Å². The van der Waals surface area contributed by atoms with Gasteiger partial charge in [0.2, 0.25) is 0 Å². The molecule has 3 rings (SSSR count). The number of aryl methyl sites for hydroxylation is 2. The molecule has 2 nitrogen and oxygen atoms in total. The van der Waals surface area contributed by atoms with Crippen molar-refractivity contribution in [3.63, 3.8) is 0 Å². The van der Waals surface area contributed by atoms with Crippen molar-refractivity contribution in [2.24, 2.45) is 0 Å². The van der Waals surface area contributed by atoms with Crippen molar-refractivity contribution in [2.45, 2.75) is 32.2 Å². The highest BCUT2D eigenvalue weighted by atomic mass is 16.5. The minimum atomic E-state index is 0.900. The van der Waals surface area contributed by atoms with E-state index in [9.17, 15) is 0 Å². The average molecular weight is 321 g/mol. The van der Waals surface area contributed by atoms with Gasteiger partial charge < -0.3 is 4.74 Å². The molecule has 2 heteroatoms. The van der Waals surface area contributed by atoms with Gasteiger partial charge in [-0.1, -0.05) is 42.5 Å². The van der Waals surface area contributed by atoms with Crippen LogP contribution in [0.5, 0.6) is 5.75 Å². The molecule has 1 aliphatic carbocycles. The lowest BCUT2D eigenvalue weighted by molar-refractivity contribution is 0.363. The fourth-order valence-corrected chi connectivity index (χ4v) is 3.35. The second-order valence-corrected chi connectivity index (χ2v) is 6.68. The summed E-state index contributed by atoms with van der Waals surface area (Å²) in [6, 6.07) is 15.2. The van der Waals surface area contributed by atoms with E-state index in [2.05, 4.69) is 54.4 Å². The van der Waals surface area contributed by atoms with Gasteiger partial charge in [-0.3, -0.25) is 4.90 Å². The van der Waals surface area contributed by atoms with Crippen LogP contribution in [-0.4, -0.2) is 25.6 Å². The minimum Gasteiger partial charge on any atom is -0.497 e. The van der Waals surface area contributed by atoms with E-state index in [1.807, 2.05) is 12.1 Å². The van der Waals surface area contributed by atoms with Crippen molar-refractivity contribution in [1.29, 1.82) is 0 Å². The van der Waals surface area contributed by atoms with Crippen molar-refractivity contribution >= 4 is 6.08 Å². The zero-order valence-corrected chi connectivity index (χ0v) is 14.8. The van der Waals surface area contributed by atoms with E-state index < -0.39 is 0 Å². The monoisotopic (exact) mass is 321 g/mol. The van der Waals surface area contributed by atoms with Crippen molar-refractivity contribution in [1.82, 2.24) is 4.90 Å². The first-order valence-corrected chi connectivity index (χ1v) is 8.84. The number of ether oxygens (including phenoxy) is 1. The molecule has 0 amide bonds. The maximum absolute atomic E-state index is 5.19. The number of hydrogen-bond donors (Lipinski definition) is 0. The number of benzene rings is 2. The van der Waals surface area contributed by atoms with Gasteiger partial charge in [0.1, 0.15) is 5.75 Å². The number of methoxy groups -OCH3 is 1. The third kappa shape index (κ3) is 4.48. The molecular weight excluding hydrogens is 294 g/mol. The maximum Gasteiger partial charge on any atom is 0.118 e. The van der Waals surface area contributed by atoms with E-state index in [0.29, 0.717) is 0 Å². The van der Waals surface area contributed by atoms with Crippen LogP contribution in [0, 0.1) is 0 Å². The molecular formula is C22H27NO. The Morgan fingerprint density at radius 3 is 2.50 bits per heavy atom. The number of fused-ring (bicyclic) bond motifs is 1. The number of rotatable bonds is 6. The lowest BCUT2D eigenvalue weighted by Gasteiger charge is -2.19. The van der Waals surface area contributed by atoms with Crippen LogP contribution in [0.25, 0.3) is 6.08 Å². The Hall–Kier alpha value is -2.06. The van der Waals surface area contributed by atoms with Gasteiger partial charge in [0, 0.05) is 13.1 Å². The van der Waals surface area contributed by atoms with Crippen LogP contribution in [0.4, 0.5) is 0 Å². The molecule has 126 valence electrons. The molecule has 0 spiro atoms. The molecule has 0 N–H and O–H groups in total. The summed E-state index contributed by atoms with van der Waals surface area (Å²) in [5.41, 5.74) is 5.77. The lowest BCUT2D eigenvalue weighted by Crippen LogP contribution is -2.18. The Labute approximate surface area is 145 Å². The van der Waals surface area contributed by atoms with Gasteiger partial charge in [-0.25, -0.2) is 0 Å². The van der Waals surface area contributed by atoms with Crippen LogP contribution < -0.4 is 4.74 Å². The molecule has 0 heterocycles. The first-order valence-electron chi connectivity index (χ1n) is 8.84. The second-order valence-electron chi connectivity index (χ2n) is 6.68. The Kier molecular flexibility index (Phi) is 5.71. The summed E-state index contributed by atoms with van der Waals surface area (Å²) >= 11 is 0. The molecule has 0 unspecified atom stereocenters. The van der Waals surface area contributed by atoms with Crippen LogP contribution in [0.3, 0.4) is 0 Å². The van der Waals surface area contributed by atoms with Gasteiger partial charge in [-0.15, -0.1) is 0 Å². The standard InChI is InChI=1S/C22H27NO/c1-23(15-5-6-18-10-13-22(24-2)14-11-18)17-19-9-12-20-7-3-4-8-21(20)16-19/h5-6,9-14,16H,3-4,7-8,15,17H2,1-2H3/b6-5+. The molecule has 2 aromatic carbocycles. The maximum atomic E-state index is 5.19. The summed E-state index contributed by atoms with van der Waals surface area (Å²) < 4.78 is 5.19. The van der Waals surface area contributed by atoms with E-state index in [1.54, 1.807) is 18.2 Å². The summed E-state index contributed by atoms with van der Waals surface area (Å²) in [4.78, 5) is 2.35. The number of likely N-dealkylation sites (N-methyl/N-ethyl adjacent to an activating group) is 1. The summed E-state index contributed by atoms with van der Waals surface area (Å²) in [6.07, 6.45) is 9.60. The molecule has 0 atom stereocenters. The highest BCUT2D eigenvalue weighted by Crippen LogP contribution is 2.22. The molecule has 0 aliphatic heterocycles. The first-order chi connectivity index (χ1) is 11.7. The fourth-order valence-electron chi connectivity index (χ4n) is 3.35. The summed E-state index contributed by atoms with van der Waals surface area (Å²) in [7, 11) is 3.87. The van der Waals surface area contributed by atoms with E-state index in [0.717, 1.165) is 18.8 Å². The van der Waals surface area contributed by atoms with E-state index in [-0.39, 0.29) is 0 Å². The van der Waals surface area contributed by atoms with Gasteiger partial charge in [-0.2, -0.15) is 0 Å². The normalized spacial score (nSPS) is 14.1. The average Bonchev–Trinajstić information content (AvgIpc) is 2.62. The molecule has 0 radical (unpaired) electrons. The zero-order valence-electron chi connectivity index (χ0n) is 14.8. The third-order valence-corrected chi connectivity index (χ3v) is 4.71. The molecule has 0 aromatic heterocycles. The summed E-state index contributed by atoms with van der Waals surface area (Å²) in [6.45, 7) is 1.95. The van der Waals surface area contributed by atoms with Crippen LogP contribution >= 0.6 is 0 Å². The molecule has 0 fully saturated rings. The minimum absolute atomic E-state index is 0.900. The number of hydrogen-bond acceptors (Lipinski definition) is 2.